The fourth-order valence-electron chi connectivity index (χ4n) is 1.83. The topological polar surface area (TPSA) is 26.3 Å². The van der Waals surface area contributed by atoms with E-state index in [0.717, 1.165) is 6.42 Å². The van der Waals surface area contributed by atoms with Gasteiger partial charge in [0.15, 0.2) is 0 Å². The molecule has 0 bridgehead atoms. The van der Waals surface area contributed by atoms with Crippen molar-refractivity contribution in [3.8, 4) is 0 Å². The maximum Gasteiger partial charge on any atom is 0.305 e. The molecule has 0 unspecified atom stereocenters. The molecule has 17 heavy (non-hydrogen) atoms. The molecule has 0 N–H and O–H groups in total. The molecule has 0 heterocycles. The summed E-state index contributed by atoms with van der Waals surface area (Å²) < 4.78 is 4.97. The van der Waals surface area contributed by atoms with Crippen molar-refractivity contribution in [1.82, 2.24) is 0 Å². The van der Waals surface area contributed by atoms with E-state index in [4.69, 9.17) is 4.74 Å². The van der Waals surface area contributed by atoms with Crippen molar-refractivity contribution in [1.29, 1.82) is 0 Å². The number of hydrogen-bond donors (Lipinski definition) is 0. The van der Waals surface area contributed by atoms with Gasteiger partial charge < -0.3 is 4.74 Å². The molecule has 0 aliphatic rings. The maximum absolute atomic E-state index is 11.2. The quantitative estimate of drug-likeness (QED) is 0.366. The van der Waals surface area contributed by atoms with Crippen LogP contribution in [-0.4, -0.2) is 12.6 Å². The Kier molecular flexibility index (Phi) is 13.1. The minimum Gasteiger partial charge on any atom is -0.465 e. The first kappa shape index (κ1) is 16.5. The highest BCUT2D eigenvalue weighted by molar-refractivity contribution is 5.69. The minimum absolute atomic E-state index is 0.0500. The van der Waals surface area contributed by atoms with Crippen molar-refractivity contribution in [3.05, 3.63) is 6.42 Å². The van der Waals surface area contributed by atoms with Crippen LogP contribution in [0.3, 0.4) is 0 Å². The number of carbonyl (C=O) groups excluding carboxylic acids is 1. The lowest BCUT2D eigenvalue weighted by Gasteiger charge is -2.03. The van der Waals surface area contributed by atoms with Crippen molar-refractivity contribution in [3.63, 3.8) is 0 Å². The lowest BCUT2D eigenvalue weighted by molar-refractivity contribution is -0.142. The van der Waals surface area contributed by atoms with Crippen LogP contribution in [0.4, 0.5) is 0 Å². The van der Waals surface area contributed by atoms with E-state index in [1.807, 2.05) is 13.3 Å². The van der Waals surface area contributed by atoms with E-state index in [9.17, 15) is 4.79 Å². The molecule has 0 aromatic carbocycles. The van der Waals surface area contributed by atoms with Gasteiger partial charge in [-0.15, -0.1) is 0 Å². The van der Waals surface area contributed by atoms with Gasteiger partial charge in [-0.05, 0) is 12.8 Å². The molecule has 0 fully saturated rings. The second kappa shape index (κ2) is 13.5. The molecule has 0 aliphatic carbocycles. The van der Waals surface area contributed by atoms with Gasteiger partial charge in [-0.3, -0.25) is 4.79 Å². The summed E-state index contributed by atoms with van der Waals surface area (Å²) >= 11 is 0. The smallest absolute Gasteiger partial charge is 0.305 e. The van der Waals surface area contributed by atoms with E-state index in [2.05, 4.69) is 6.92 Å². The summed E-state index contributed by atoms with van der Waals surface area (Å²) in [5.74, 6) is -0.0500. The monoisotopic (exact) mass is 241 g/mol. The summed E-state index contributed by atoms with van der Waals surface area (Å²) in [5.41, 5.74) is 0. The first-order valence-electron chi connectivity index (χ1n) is 7.24. The molecule has 0 atom stereocenters. The summed E-state index contributed by atoms with van der Waals surface area (Å²) in [4.78, 5) is 11.2. The molecule has 101 valence electrons. The highest BCUT2D eigenvalue weighted by Gasteiger charge is 2.01. The molecule has 1 radical (unpaired) electrons. The molecule has 0 spiro atoms. The van der Waals surface area contributed by atoms with Gasteiger partial charge in [-0.2, -0.15) is 0 Å². The molecule has 0 aliphatic heterocycles. The van der Waals surface area contributed by atoms with E-state index in [1.165, 1.54) is 51.4 Å². The second-order valence-electron chi connectivity index (χ2n) is 4.67. The van der Waals surface area contributed by atoms with Gasteiger partial charge in [0.05, 0.1) is 6.61 Å². The van der Waals surface area contributed by atoms with Crippen LogP contribution in [0.25, 0.3) is 0 Å². The average molecular weight is 241 g/mol. The van der Waals surface area contributed by atoms with Crippen LogP contribution >= 0.6 is 0 Å². The first-order chi connectivity index (χ1) is 8.31. The number of unbranched alkanes of at least 4 members (excludes halogenated alkanes) is 8. The Morgan fingerprint density at radius 2 is 1.47 bits per heavy atom. The van der Waals surface area contributed by atoms with Crippen LogP contribution in [0.15, 0.2) is 0 Å². The van der Waals surface area contributed by atoms with Crippen LogP contribution in [-0.2, 0) is 9.53 Å². The highest BCUT2D eigenvalue weighted by Crippen LogP contribution is 2.10. The molecular formula is C15H29O2. The number of carbonyl (C=O) groups is 1. The third kappa shape index (κ3) is 13.4. The third-order valence-electron chi connectivity index (χ3n) is 2.90. The van der Waals surface area contributed by atoms with Crippen LogP contribution in [0.2, 0.25) is 0 Å². The van der Waals surface area contributed by atoms with Gasteiger partial charge in [-0.1, -0.05) is 65.2 Å². The predicted molar refractivity (Wildman–Crippen MR) is 72.8 cm³/mol. The van der Waals surface area contributed by atoms with E-state index in [1.54, 1.807) is 0 Å². The van der Waals surface area contributed by atoms with Crippen molar-refractivity contribution in [2.75, 3.05) is 6.61 Å². The van der Waals surface area contributed by atoms with Gasteiger partial charge in [-0.25, -0.2) is 0 Å². The summed E-state index contributed by atoms with van der Waals surface area (Å²) in [6.45, 7) is 4.59. The fraction of sp³-hybridized carbons (Fsp3) is 0.867. The van der Waals surface area contributed by atoms with Gasteiger partial charge in [0, 0.05) is 6.42 Å². The molecule has 0 saturated carbocycles. The van der Waals surface area contributed by atoms with E-state index in [-0.39, 0.29) is 5.97 Å². The van der Waals surface area contributed by atoms with Crippen LogP contribution in [0, 0.1) is 6.42 Å². The fourth-order valence-corrected chi connectivity index (χ4v) is 1.83. The molecule has 0 amide bonds. The SMILES string of the molecule is C[CH]COC(=O)CCCCCCCCCCC. The van der Waals surface area contributed by atoms with Crippen molar-refractivity contribution >= 4 is 5.97 Å². The molecule has 0 saturated heterocycles. The van der Waals surface area contributed by atoms with E-state index < -0.39 is 0 Å². The standard InChI is InChI=1S/C15H29O2/c1-3-5-6-7-8-9-10-11-12-13-15(16)17-14-4-2/h4H,3,5-14H2,1-2H3. The largest absolute Gasteiger partial charge is 0.465 e. The number of ether oxygens (including phenoxy) is 1. The summed E-state index contributed by atoms with van der Waals surface area (Å²) in [6, 6.07) is 0. The highest BCUT2D eigenvalue weighted by atomic mass is 16.5. The molecule has 2 nitrogen and oxygen atoms in total. The second-order valence-corrected chi connectivity index (χ2v) is 4.67. The molecule has 2 heteroatoms. The Morgan fingerprint density at radius 3 is 2.00 bits per heavy atom. The van der Waals surface area contributed by atoms with Crippen molar-refractivity contribution in [2.45, 2.75) is 78.1 Å². The van der Waals surface area contributed by atoms with Crippen LogP contribution in [0.5, 0.6) is 0 Å². The van der Waals surface area contributed by atoms with Crippen LogP contribution in [0.1, 0.15) is 78.1 Å². The molecule has 0 aromatic rings. The lowest BCUT2D eigenvalue weighted by atomic mass is 10.1. The average Bonchev–Trinajstić information content (AvgIpc) is 2.34. The predicted octanol–water partition coefficient (Wildman–Crippen LogP) is 4.67. The van der Waals surface area contributed by atoms with Crippen LogP contribution < -0.4 is 0 Å². The van der Waals surface area contributed by atoms with Gasteiger partial charge >= 0.3 is 5.97 Å². The third-order valence-corrected chi connectivity index (χ3v) is 2.90. The zero-order valence-corrected chi connectivity index (χ0v) is 11.7. The maximum atomic E-state index is 11.2. The molecular weight excluding hydrogens is 212 g/mol. The Bertz CT molecular complexity index is 166. The number of rotatable bonds is 12. The van der Waals surface area contributed by atoms with Gasteiger partial charge in [0.2, 0.25) is 0 Å². The Balaban J connectivity index is 3.05. The zero-order chi connectivity index (χ0) is 12.8. The van der Waals surface area contributed by atoms with Gasteiger partial charge in [0.1, 0.15) is 0 Å². The number of hydrogen-bond acceptors (Lipinski definition) is 2. The molecule has 0 rings (SSSR count). The molecule has 0 aromatic heterocycles. The summed E-state index contributed by atoms with van der Waals surface area (Å²) in [7, 11) is 0. The summed E-state index contributed by atoms with van der Waals surface area (Å²) in [6.07, 6.45) is 14.0. The van der Waals surface area contributed by atoms with Crippen molar-refractivity contribution < 1.29 is 9.53 Å². The van der Waals surface area contributed by atoms with Crippen molar-refractivity contribution in [2.24, 2.45) is 0 Å². The first-order valence-corrected chi connectivity index (χ1v) is 7.24. The van der Waals surface area contributed by atoms with E-state index >= 15 is 0 Å². The number of esters is 1. The zero-order valence-electron chi connectivity index (χ0n) is 11.7. The normalized spacial score (nSPS) is 10.5. The minimum atomic E-state index is -0.0500. The Hall–Kier alpha value is -0.530. The summed E-state index contributed by atoms with van der Waals surface area (Å²) in [5, 5.41) is 0. The Morgan fingerprint density at radius 1 is 0.941 bits per heavy atom. The lowest BCUT2D eigenvalue weighted by Crippen LogP contribution is -2.04. The Labute approximate surface area is 107 Å². The van der Waals surface area contributed by atoms with Gasteiger partial charge in [0.25, 0.3) is 0 Å². The van der Waals surface area contributed by atoms with E-state index in [0.29, 0.717) is 13.0 Å².